The van der Waals surface area contributed by atoms with E-state index in [-0.39, 0.29) is 5.91 Å². The fourth-order valence-corrected chi connectivity index (χ4v) is 3.18. The second-order valence-corrected chi connectivity index (χ2v) is 6.21. The van der Waals surface area contributed by atoms with Gasteiger partial charge in [0.15, 0.2) is 5.82 Å². The van der Waals surface area contributed by atoms with Gasteiger partial charge in [-0.3, -0.25) is 4.79 Å². The number of carbonyl (C=O) groups excluding carboxylic acids is 1. The smallest absolute Gasteiger partial charge is 0.295 e. The number of imidazole rings is 1. The molecule has 0 spiro atoms. The number of nitrogens with one attached hydrogen (secondary N) is 2. The molecule has 1 saturated heterocycles. The van der Waals surface area contributed by atoms with Gasteiger partial charge in [0.1, 0.15) is 5.52 Å². The number of rotatable bonds is 5. The van der Waals surface area contributed by atoms with Crippen molar-refractivity contribution < 1.29 is 13.6 Å². The molecule has 2 heterocycles. The van der Waals surface area contributed by atoms with Crippen LogP contribution in [-0.2, 0) is 0 Å². The standard InChI is InChI=1S/C17H22F2N4O/c1-2-23-8-6-11(7-9-23)10-20-17(24)12-4-3-5-13-14(12)22-16(21-13)15(18)19/h3-5,11,15H,2,6-10H2,1H3,(H,20,24)(H,21,22). The summed E-state index contributed by atoms with van der Waals surface area (Å²) in [4.78, 5) is 21.3. The van der Waals surface area contributed by atoms with Crippen molar-refractivity contribution in [3.8, 4) is 0 Å². The Balaban J connectivity index is 1.66. The van der Waals surface area contributed by atoms with Crippen LogP contribution in [0.1, 0.15) is 42.4 Å². The molecule has 1 aromatic carbocycles. The fourth-order valence-electron chi connectivity index (χ4n) is 3.18. The SMILES string of the molecule is CCN1CCC(CNC(=O)c2cccc3[nH]c(C(F)F)nc23)CC1. The number of carbonyl (C=O) groups is 1. The van der Waals surface area contributed by atoms with Crippen LogP contribution in [0.25, 0.3) is 11.0 Å². The van der Waals surface area contributed by atoms with Gasteiger partial charge in [0.05, 0.1) is 11.1 Å². The molecule has 24 heavy (non-hydrogen) atoms. The fraction of sp³-hybridized carbons (Fsp3) is 0.529. The highest BCUT2D eigenvalue weighted by molar-refractivity contribution is 6.04. The Morgan fingerprint density at radius 1 is 1.42 bits per heavy atom. The van der Waals surface area contributed by atoms with Crippen molar-refractivity contribution in [2.45, 2.75) is 26.2 Å². The van der Waals surface area contributed by atoms with Crippen molar-refractivity contribution in [3.05, 3.63) is 29.6 Å². The van der Waals surface area contributed by atoms with E-state index in [9.17, 15) is 13.6 Å². The predicted molar refractivity (Wildman–Crippen MR) is 88.2 cm³/mol. The summed E-state index contributed by atoms with van der Waals surface area (Å²) >= 11 is 0. The Labute approximate surface area is 139 Å². The lowest BCUT2D eigenvalue weighted by Crippen LogP contribution is -2.38. The number of likely N-dealkylation sites (tertiary alicyclic amines) is 1. The molecule has 2 aromatic rings. The number of aromatic nitrogens is 2. The van der Waals surface area contributed by atoms with Crippen LogP contribution in [0.5, 0.6) is 0 Å². The summed E-state index contributed by atoms with van der Waals surface area (Å²) in [6, 6.07) is 4.93. The van der Waals surface area contributed by atoms with Gasteiger partial charge in [0.2, 0.25) is 0 Å². The first-order chi connectivity index (χ1) is 11.6. The summed E-state index contributed by atoms with van der Waals surface area (Å²) in [5.74, 6) is -0.199. The van der Waals surface area contributed by atoms with Crippen LogP contribution >= 0.6 is 0 Å². The zero-order valence-corrected chi connectivity index (χ0v) is 13.7. The summed E-state index contributed by atoms with van der Waals surface area (Å²) < 4.78 is 25.6. The molecule has 1 amide bonds. The van der Waals surface area contributed by atoms with E-state index in [4.69, 9.17) is 0 Å². The summed E-state index contributed by atoms with van der Waals surface area (Å²) in [7, 11) is 0. The Morgan fingerprint density at radius 2 is 2.17 bits per heavy atom. The molecule has 5 nitrogen and oxygen atoms in total. The number of hydrogen-bond donors (Lipinski definition) is 2. The van der Waals surface area contributed by atoms with Crippen molar-refractivity contribution in [2.24, 2.45) is 5.92 Å². The highest BCUT2D eigenvalue weighted by atomic mass is 19.3. The number of alkyl halides is 2. The quantitative estimate of drug-likeness (QED) is 0.882. The molecule has 0 unspecified atom stereocenters. The van der Waals surface area contributed by atoms with E-state index in [1.54, 1.807) is 18.2 Å². The lowest BCUT2D eigenvalue weighted by molar-refractivity contribution is 0.0938. The molecule has 1 aliphatic rings. The predicted octanol–water partition coefficient (Wildman–Crippen LogP) is 2.96. The second-order valence-electron chi connectivity index (χ2n) is 6.21. The normalized spacial score (nSPS) is 16.8. The van der Waals surface area contributed by atoms with Gasteiger partial charge in [-0.2, -0.15) is 0 Å². The van der Waals surface area contributed by atoms with E-state index in [2.05, 4.69) is 27.1 Å². The van der Waals surface area contributed by atoms with Crippen LogP contribution in [0.2, 0.25) is 0 Å². The van der Waals surface area contributed by atoms with Gasteiger partial charge in [0, 0.05) is 6.54 Å². The van der Waals surface area contributed by atoms with Crippen LogP contribution in [0.4, 0.5) is 8.78 Å². The van der Waals surface area contributed by atoms with E-state index in [0.29, 0.717) is 29.1 Å². The Hall–Kier alpha value is -2.02. The highest BCUT2D eigenvalue weighted by Crippen LogP contribution is 2.22. The number of halogens is 2. The molecule has 0 atom stereocenters. The molecule has 0 radical (unpaired) electrons. The van der Waals surface area contributed by atoms with Crippen molar-refractivity contribution in [3.63, 3.8) is 0 Å². The molecule has 3 rings (SSSR count). The first kappa shape index (κ1) is 16.8. The maximum Gasteiger partial charge on any atom is 0.295 e. The summed E-state index contributed by atoms with van der Waals surface area (Å²) in [5.41, 5.74) is 1.09. The summed E-state index contributed by atoms with van der Waals surface area (Å²) in [6.07, 6.45) is -0.552. The molecule has 0 aliphatic carbocycles. The van der Waals surface area contributed by atoms with Crippen LogP contribution in [0, 0.1) is 5.92 Å². The average Bonchev–Trinajstić information content (AvgIpc) is 3.04. The number of nitrogens with zero attached hydrogens (tertiary/aromatic N) is 2. The number of amides is 1. The zero-order chi connectivity index (χ0) is 17.1. The van der Waals surface area contributed by atoms with Gasteiger partial charge in [-0.05, 0) is 50.5 Å². The third-order valence-corrected chi connectivity index (χ3v) is 4.69. The summed E-state index contributed by atoms with van der Waals surface area (Å²) in [6.45, 7) is 5.94. The van der Waals surface area contributed by atoms with Crippen LogP contribution in [0.3, 0.4) is 0 Å². The highest BCUT2D eigenvalue weighted by Gasteiger charge is 2.21. The maximum absolute atomic E-state index is 12.8. The molecule has 2 N–H and O–H groups in total. The Bertz CT molecular complexity index is 708. The molecule has 0 bridgehead atoms. The number of para-hydroxylation sites is 1. The van der Waals surface area contributed by atoms with E-state index in [1.165, 1.54) is 0 Å². The number of fused-ring (bicyclic) bond motifs is 1. The van der Waals surface area contributed by atoms with Crippen LogP contribution in [0.15, 0.2) is 18.2 Å². The molecular formula is C17H22F2N4O. The molecule has 1 aromatic heterocycles. The van der Waals surface area contributed by atoms with Gasteiger partial charge < -0.3 is 15.2 Å². The third-order valence-electron chi connectivity index (χ3n) is 4.69. The van der Waals surface area contributed by atoms with Gasteiger partial charge in [0.25, 0.3) is 12.3 Å². The molecule has 0 saturated carbocycles. The topological polar surface area (TPSA) is 61.0 Å². The largest absolute Gasteiger partial charge is 0.352 e. The zero-order valence-electron chi connectivity index (χ0n) is 13.7. The van der Waals surface area contributed by atoms with Gasteiger partial charge in [-0.25, -0.2) is 13.8 Å². The second kappa shape index (κ2) is 7.25. The minimum absolute atomic E-state index is 0.258. The Kier molecular flexibility index (Phi) is 5.08. The molecule has 1 aliphatic heterocycles. The third kappa shape index (κ3) is 3.56. The van der Waals surface area contributed by atoms with Crippen molar-refractivity contribution in [1.29, 1.82) is 0 Å². The van der Waals surface area contributed by atoms with Crippen molar-refractivity contribution in [2.75, 3.05) is 26.2 Å². The average molecular weight is 336 g/mol. The van der Waals surface area contributed by atoms with E-state index >= 15 is 0 Å². The molecular weight excluding hydrogens is 314 g/mol. The number of benzene rings is 1. The molecule has 1 fully saturated rings. The van der Waals surface area contributed by atoms with Crippen molar-refractivity contribution >= 4 is 16.9 Å². The molecule has 130 valence electrons. The maximum atomic E-state index is 12.8. The number of H-pyrrole nitrogens is 1. The van der Waals surface area contributed by atoms with Crippen molar-refractivity contribution in [1.82, 2.24) is 20.2 Å². The first-order valence-corrected chi connectivity index (χ1v) is 8.35. The van der Waals surface area contributed by atoms with Gasteiger partial charge >= 0.3 is 0 Å². The van der Waals surface area contributed by atoms with Crippen LogP contribution in [-0.4, -0.2) is 47.0 Å². The lowest BCUT2D eigenvalue weighted by atomic mass is 9.96. The number of aromatic amines is 1. The number of piperidine rings is 1. The van der Waals surface area contributed by atoms with Crippen LogP contribution < -0.4 is 5.32 Å². The van der Waals surface area contributed by atoms with E-state index < -0.39 is 12.2 Å². The number of hydrogen-bond acceptors (Lipinski definition) is 3. The van der Waals surface area contributed by atoms with Gasteiger partial charge in [-0.1, -0.05) is 13.0 Å². The first-order valence-electron chi connectivity index (χ1n) is 8.35. The lowest BCUT2D eigenvalue weighted by Gasteiger charge is -2.31. The monoisotopic (exact) mass is 336 g/mol. The molecule has 7 heteroatoms. The Morgan fingerprint density at radius 3 is 2.83 bits per heavy atom. The minimum atomic E-state index is -2.68. The minimum Gasteiger partial charge on any atom is -0.352 e. The summed E-state index contributed by atoms with van der Waals surface area (Å²) in [5, 5.41) is 2.93. The van der Waals surface area contributed by atoms with E-state index in [1.807, 2.05) is 0 Å². The van der Waals surface area contributed by atoms with Gasteiger partial charge in [-0.15, -0.1) is 0 Å². The van der Waals surface area contributed by atoms with E-state index in [0.717, 1.165) is 32.5 Å².